The zero-order chi connectivity index (χ0) is 22.0. The molecule has 1 aromatic heterocycles. The van der Waals surface area contributed by atoms with Crippen LogP contribution in [0.4, 0.5) is 0 Å². The highest BCUT2D eigenvalue weighted by Crippen LogP contribution is 2.25. The number of rotatable bonds is 4. The number of amides is 1. The highest BCUT2D eigenvalue weighted by Gasteiger charge is 2.17. The van der Waals surface area contributed by atoms with E-state index in [0.29, 0.717) is 16.7 Å². The summed E-state index contributed by atoms with van der Waals surface area (Å²) in [5.41, 5.74) is 5.88. The third-order valence-corrected chi connectivity index (χ3v) is 5.23. The van der Waals surface area contributed by atoms with Crippen LogP contribution in [-0.4, -0.2) is 15.6 Å². The summed E-state index contributed by atoms with van der Waals surface area (Å²) >= 11 is 0. The van der Waals surface area contributed by atoms with E-state index in [1.807, 2.05) is 60.7 Å². The van der Waals surface area contributed by atoms with Crippen LogP contribution in [0.25, 0.3) is 22.3 Å². The fraction of sp³-hybridized carbons (Fsp3) is 0.192. The Bertz CT molecular complexity index is 1280. The van der Waals surface area contributed by atoms with Gasteiger partial charge in [-0.2, -0.15) is 4.68 Å². The lowest BCUT2D eigenvalue weighted by Gasteiger charge is -2.20. The van der Waals surface area contributed by atoms with Gasteiger partial charge in [-0.3, -0.25) is 15.0 Å². The van der Waals surface area contributed by atoms with Gasteiger partial charge in [-0.25, -0.2) is 4.98 Å². The van der Waals surface area contributed by atoms with Gasteiger partial charge in [0.15, 0.2) is 5.82 Å². The molecule has 0 aliphatic heterocycles. The molecule has 156 valence electrons. The fourth-order valence-electron chi connectivity index (χ4n) is 3.49. The summed E-state index contributed by atoms with van der Waals surface area (Å²) in [6, 6.07) is 24.5. The predicted octanol–water partition coefficient (Wildman–Crippen LogP) is 4.67. The monoisotopic (exact) mass is 411 g/mol. The number of carbonyl (C=O) groups is 1. The average molecular weight is 412 g/mol. The Balaban J connectivity index is 1.78. The number of benzene rings is 3. The number of nitrogens with one attached hydrogen (secondary N) is 1. The Hall–Kier alpha value is -3.73. The molecule has 0 saturated carbocycles. The van der Waals surface area contributed by atoms with Gasteiger partial charge in [-0.1, -0.05) is 87.5 Å². The summed E-state index contributed by atoms with van der Waals surface area (Å²) in [4.78, 5) is 30.7. The van der Waals surface area contributed by atoms with Crippen LogP contribution in [0.15, 0.2) is 83.7 Å². The number of hydrogen-bond donors (Lipinski definition) is 1. The molecule has 0 unspecified atom stereocenters. The van der Waals surface area contributed by atoms with Crippen LogP contribution >= 0.6 is 0 Å². The molecule has 0 aliphatic carbocycles. The third kappa shape index (κ3) is 4.40. The van der Waals surface area contributed by atoms with Crippen molar-refractivity contribution in [2.45, 2.75) is 32.6 Å². The first-order valence-corrected chi connectivity index (χ1v) is 10.3. The van der Waals surface area contributed by atoms with Crippen molar-refractivity contribution in [1.82, 2.24) is 9.66 Å². The van der Waals surface area contributed by atoms with E-state index >= 15 is 0 Å². The number of carbonyl (C=O) groups excluding carboxylic acids is 1. The molecular weight excluding hydrogens is 386 g/mol. The fourth-order valence-corrected chi connectivity index (χ4v) is 3.49. The van der Waals surface area contributed by atoms with Gasteiger partial charge >= 0.3 is 0 Å². The van der Waals surface area contributed by atoms with Crippen molar-refractivity contribution in [3.63, 3.8) is 0 Å². The van der Waals surface area contributed by atoms with Gasteiger partial charge in [0.1, 0.15) is 0 Å². The molecule has 1 heterocycles. The molecule has 0 bridgehead atoms. The molecule has 31 heavy (non-hydrogen) atoms. The lowest BCUT2D eigenvalue weighted by molar-refractivity contribution is -0.116. The molecule has 5 heteroatoms. The first kappa shape index (κ1) is 20.5. The Kier molecular flexibility index (Phi) is 5.42. The van der Waals surface area contributed by atoms with E-state index in [1.165, 1.54) is 10.2 Å². The van der Waals surface area contributed by atoms with E-state index in [-0.39, 0.29) is 23.3 Å². The van der Waals surface area contributed by atoms with Crippen molar-refractivity contribution in [1.29, 1.82) is 0 Å². The predicted molar refractivity (Wildman–Crippen MR) is 125 cm³/mol. The zero-order valence-corrected chi connectivity index (χ0v) is 17.9. The molecule has 0 atom stereocenters. The van der Waals surface area contributed by atoms with Crippen LogP contribution < -0.4 is 11.0 Å². The molecular formula is C26H25N3O2. The van der Waals surface area contributed by atoms with Gasteiger partial charge in [-0.05, 0) is 28.7 Å². The van der Waals surface area contributed by atoms with Gasteiger partial charge in [0.05, 0.1) is 17.3 Å². The maximum Gasteiger partial charge on any atom is 0.280 e. The number of para-hydroxylation sites is 1. The lowest BCUT2D eigenvalue weighted by atomic mass is 9.86. The van der Waals surface area contributed by atoms with E-state index in [0.717, 1.165) is 11.1 Å². The topological polar surface area (TPSA) is 64.0 Å². The van der Waals surface area contributed by atoms with E-state index in [1.54, 1.807) is 18.2 Å². The number of hydrogen-bond acceptors (Lipinski definition) is 3. The second-order valence-electron chi connectivity index (χ2n) is 8.62. The summed E-state index contributed by atoms with van der Waals surface area (Å²) in [5.74, 6) is 0.128. The Morgan fingerprint density at radius 3 is 2.23 bits per heavy atom. The Labute approximate surface area is 181 Å². The number of aromatic nitrogens is 2. The van der Waals surface area contributed by atoms with Gasteiger partial charge in [0, 0.05) is 5.56 Å². The molecule has 4 rings (SSSR count). The molecule has 5 nitrogen and oxygen atoms in total. The maximum atomic E-state index is 13.2. The van der Waals surface area contributed by atoms with Crippen LogP contribution in [0.5, 0.6) is 0 Å². The second-order valence-corrected chi connectivity index (χ2v) is 8.62. The zero-order valence-electron chi connectivity index (χ0n) is 17.9. The van der Waals surface area contributed by atoms with Gasteiger partial charge < -0.3 is 0 Å². The molecule has 3 aromatic carbocycles. The van der Waals surface area contributed by atoms with Crippen molar-refractivity contribution in [3.8, 4) is 11.4 Å². The highest BCUT2D eigenvalue weighted by molar-refractivity contribution is 5.87. The van der Waals surface area contributed by atoms with Crippen LogP contribution in [0.1, 0.15) is 31.9 Å². The van der Waals surface area contributed by atoms with Crippen molar-refractivity contribution in [2.24, 2.45) is 0 Å². The number of nitrogens with zero attached hydrogens (tertiary/aromatic N) is 2. The molecule has 4 aromatic rings. The van der Waals surface area contributed by atoms with Crippen LogP contribution in [0, 0.1) is 0 Å². The van der Waals surface area contributed by atoms with Crippen LogP contribution in [-0.2, 0) is 16.6 Å². The van der Waals surface area contributed by atoms with E-state index in [2.05, 4.69) is 26.2 Å². The van der Waals surface area contributed by atoms with Crippen LogP contribution in [0.2, 0.25) is 0 Å². The summed E-state index contributed by atoms with van der Waals surface area (Å²) in [6.07, 6.45) is 0.169. The molecule has 0 fully saturated rings. The molecule has 0 radical (unpaired) electrons. The summed E-state index contributed by atoms with van der Waals surface area (Å²) in [5, 5.41) is 0.456. The Morgan fingerprint density at radius 2 is 1.55 bits per heavy atom. The second kappa shape index (κ2) is 8.19. The number of fused-ring (bicyclic) bond motifs is 1. The minimum atomic E-state index is -0.304. The first-order chi connectivity index (χ1) is 14.8. The Morgan fingerprint density at radius 1 is 0.903 bits per heavy atom. The highest BCUT2D eigenvalue weighted by atomic mass is 16.2. The largest absolute Gasteiger partial charge is 0.280 e. The van der Waals surface area contributed by atoms with E-state index in [9.17, 15) is 9.59 Å². The SMILES string of the molecule is CC(C)(C)c1ccc(-c2nc3ccccc3c(=O)n2NC(=O)Cc2ccccc2)cc1. The normalized spacial score (nSPS) is 11.5. The quantitative estimate of drug-likeness (QED) is 0.531. The molecule has 1 amide bonds. The minimum Gasteiger partial charge on any atom is -0.273 e. The summed E-state index contributed by atoms with van der Waals surface area (Å²) in [6.45, 7) is 6.45. The van der Waals surface area contributed by atoms with Crippen molar-refractivity contribution in [2.75, 3.05) is 5.43 Å². The maximum absolute atomic E-state index is 13.2. The van der Waals surface area contributed by atoms with E-state index in [4.69, 9.17) is 4.98 Å². The molecule has 0 aliphatic rings. The van der Waals surface area contributed by atoms with Crippen LogP contribution in [0.3, 0.4) is 0 Å². The minimum absolute atomic E-state index is 0.0128. The van der Waals surface area contributed by atoms with E-state index < -0.39 is 0 Å². The van der Waals surface area contributed by atoms with Crippen molar-refractivity contribution >= 4 is 16.8 Å². The lowest BCUT2D eigenvalue weighted by Crippen LogP contribution is -2.35. The summed E-state index contributed by atoms with van der Waals surface area (Å²) in [7, 11) is 0. The standard InChI is InChI=1S/C26H25N3O2/c1-26(2,3)20-15-13-19(14-16-20)24-27-22-12-8-7-11-21(22)25(31)29(24)28-23(30)17-18-9-5-4-6-10-18/h4-16H,17H2,1-3H3,(H,28,30). The van der Waals surface area contributed by atoms with Gasteiger partial charge in [0.25, 0.3) is 5.56 Å². The average Bonchev–Trinajstić information content (AvgIpc) is 2.76. The molecule has 0 spiro atoms. The van der Waals surface area contributed by atoms with Crippen molar-refractivity contribution < 1.29 is 4.79 Å². The molecule has 0 saturated heterocycles. The summed E-state index contributed by atoms with van der Waals surface area (Å²) < 4.78 is 1.26. The van der Waals surface area contributed by atoms with Gasteiger partial charge in [-0.15, -0.1) is 0 Å². The third-order valence-electron chi connectivity index (χ3n) is 5.23. The van der Waals surface area contributed by atoms with Crippen molar-refractivity contribution in [3.05, 3.63) is 100 Å². The molecule has 1 N–H and O–H groups in total. The first-order valence-electron chi connectivity index (χ1n) is 10.3. The smallest absolute Gasteiger partial charge is 0.273 e. The van der Waals surface area contributed by atoms with Gasteiger partial charge in [0.2, 0.25) is 5.91 Å².